The molecule has 1 saturated heterocycles. The fraction of sp³-hybridized carbons (Fsp3) is 0.444. The molecule has 1 unspecified atom stereocenters. The van der Waals surface area contributed by atoms with Crippen LogP contribution in [0.3, 0.4) is 0 Å². The number of hydrogen-bond acceptors (Lipinski definition) is 4. The SMILES string of the molecule is Cc1nn(-c2ccccc2)c(C)c1CC(=O)NCC1(O)CCSC1. The molecule has 1 amide bonds. The van der Waals surface area contributed by atoms with Crippen LogP contribution in [0.5, 0.6) is 0 Å². The zero-order valence-corrected chi connectivity index (χ0v) is 14.9. The molecule has 24 heavy (non-hydrogen) atoms. The average molecular weight is 345 g/mol. The molecule has 0 saturated carbocycles. The Morgan fingerprint density at radius 1 is 1.38 bits per heavy atom. The van der Waals surface area contributed by atoms with E-state index in [1.165, 1.54) is 0 Å². The monoisotopic (exact) mass is 345 g/mol. The molecule has 1 aromatic heterocycles. The summed E-state index contributed by atoms with van der Waals surface area (Å²) in [5.74, 6) is 1.57. The van der Waals surface area contributed by atoms with E-state index < -0.39 is 5.60 Å². The van der Waals surface area contributed by atoms with E-state index in [9.17, 15) is 9.90 Å². The molecule has 0 spiro atoms. The van der Waals surface area contributed by atoms with Crippen LogP contribution in [-0.2, 0) is 11.2 Å². The van der Waals surface area contributed by atoms with Crippen molar-refractivity contribution in [1.29, 1.82) is 0 Å². The lowest BCUT2D eigenvalue weighted by Gasteiger charge is -2.21. The molecule has 0 aliphatic carbocycles. The Morgan fingerprint density at radius 3 is 2.79 bits per heavy atom. The molecule has 1 aromatic carbocycles. The number of para-hydroxylation sites is 1. The third kappa shape index (κ3) is 3.65. The van der Waals surface area contributed by atoms with E-state index in [1.807, 2.05) is 48.9 Å². The topological polar surface area (TPSA) is 67.2 Å². The highest BCUT2D eigenvalue weighted by atomic mass is 32.2. The van der Waals surface area contributed by atoms with Gasteiger partial charge in [-0.1, -0.05) is 18.2 Å². The summed E-state index contributed by atoms with van der Waals surface area (Å²) in [4.78, 5) is 12.3. The van der Waals surface area contributed by atoms with E-state index in [0.717, 1.165) is 34.8 Å². The number of nitrogens with zero attached hydrogens (tertiary/aromatic N) is 2. The molecule has 1 aliphatic heterocycles. The number of aromatic nitrogens is 2. The van der Waals surface area contributed by atoms with Crippen LogP contribution in [-0.4, -0.2) is 44.4 Å². The molecule has 2 N–H and O–H groups in total. The van der Waals surface area contributed by atoms with Crippen molar-refractivity contribution in [2.24, 2.45) is 0 Å². The summed E-state index contributed by atoms with van der Waals surface area (Å²) < 4.78 is 1.87. The number of thioether (sulfide) groups is 1. The highest BCUT2D eigenvalue weighted by molar-refractivity contribution is 7.99. The third-order valence-electron chi connectivity index (χ3n) is 4.48. The Labute approximate surface area is 146 Å². The van der Waals surface area contributed by atoms with Crippen LogP contribution >= 0.6 is 11.8 Å². The van der Waals surface area contributed by atoms with Crippen molar-refractivity contribution in [3.05, 3.63) is 47.3 Å². The molecule has 3 rings (SSSR count). The van der Waals surface area contributed by atoms with Gasteiger partial charge < -0.3 is 10.4 Å². The predicted molar refractivity (Wildman–Crippen MR) is 96.6 cm³/mol. The van der Waals surface area contributed by atoms with Crippen LogP contribution in [0.2, 0.25) is 0 Å². The summed E-state index contributed by atoms with van der Waals surface area (Å²) >= 11 is 1.73. The minimum absolute atomic E-state index is 0.0702. The van der Waals surface area contributed by atoms with Gasteiger partial charge in [0.25, 0.3) is 0 Å². The largest absolute Gasteiger partial charge is 0.387 e. The predicted octanol–water partition coefficient (Wildman–Crippen LogP) is 2.02. The fourth-order valence-electron chi connectivity index (χ4n) is 2.97. The van der Waals surface area contributed by atoms with Gasteiger partial charge in [-0.3, -0.25) is 4.79 Å². The van der Waals surface area contributed by atoms with Crippen LogP contribution < -0.4 is 5.32 Å². The first-order valence-corrected chi connectivity index (χ1v) is 9.31. The molecule has 2 aromatic rings. The number of hydrogen-bond donors (Lipinski definition) is 2. The molecule has 0 bridgehead atoms. The van der Waals surface area contributed by atoms with Gasteiger partial charge in [-0.05, 0) is 38.2 Å². The first-order chi connectivity index (χ1) is 11.5. The average Bonchev–Trinajstić information content (AvgIpc) is 3.13. The number of carbonyl (C=O) groups excluding carboxylic acids is 1. The maximum Gasteiger partial charge on any atom is 0.224 e. The number of aliphatic hydroxyl groups is 1. The van der Waals surface area contributed by atoms with Crippen LogP contribution in [0.1, 0.15) is 23.4 Å². The smallest absolute Gasteiger partial charge is 0.224 e. The summed E-state index contributed by atoms with van der Waals surface area (Å²) in [5, 5.41) is 17.8. The van der Waals surface area contributed by atoms with Gasteiger partial charge in [-0.25, -0.2) is 4.68 Å². The first-order valence-electron chi connectivity index (χ1n) is 8.16. The zero-order valence-electron chi connectivity index (χ0n) is 14.1. The van der Waals surface area contributed by atoms with E-state index >= 15 is 0 Å². The van der Waals surface area contributed by atoms with Crippen molar-refractivity contribution in [1.82, 2.24) is 15.1 Å². The maximum absolute atomic E-state index is 12.3. The van der Waals surface area contributed by atoms with E-state index in [1.54, 1.807) is 11.8 Å². The normalized spacial score (nSPS) is 20.3. The Balaban J connectivity index is 1.69. The van der Waals surface area contributed by atoms with Gasteiger partial charge >= 0.3 is 0 Å². The third-order valence-corrected chi connectivity index (χ3v) is 5.71. The van der Waals surface area contributed by atoms with Gasteiger partial charge in [-0.2, -0.15) is 16.9 Å². The van der Waals surface area contributed by atoms with Gasteiger partial charge in [-0.15, -0.1) is 0 Å². The Bertz CT molecular complexity index is 721. The van der Waals surface area contributed by atoms with Gasteiger partial charge in [0.05, 0.1) is 23.4 Å². The van der Waals surface area contributed by atoms with Crippen molar-refractivity contribution in [3.8, 4) is 5.69 Å². The molecule has 1 aliphatic rings. The zero-order chi connectivity index (χ0) is 17.2. The van der Waals surface area contributed by atoms with Crippen molar-refractivity contribution in [2.45, 2.75) is 32.3 Å². The number of aryl methyl sites for hydroxylation is 1. The number of nitrogens with one attached hydrogen (secondary N) is 1. The van der Waals surface area contributed by atoms with Crippen LogP contribution in [0.15, 0.2) is 30.3 Å². The van der Waals surface area contributed by atoms with E-state index in [0.29, 0.717) is 12.3 Å². The number of benzene rings is 1. The Kier molecular flexibility index (Phi) is 4.96. The first kappa shape index (κ1) is 17.0. The van der Waals surface area contributed by atoms with Crippen LogP contribution in [0.4, 0.5) is 0 Å². The second-order valence-electron chi connectivity index (χ2n) is 6.38. The summed E-state index contributed by atoms with van der Waals surface area (Å²) in [6.07, 6.45) is 1.02. The van der Waals surface area contributed by atoms with Crippen molar-refractivity contribution >= 4 is 17.7 Å². The minimum Gasteiger partial charge on any atom is -0.387 e. The van der Waals surface area contributed by atoms with Crippen molar-refractivity contribution < 1.29 is 9.90 Å². The standard InChI is InChI=1S/C18H23N3O2S/c1-13-16(10-17(22)19-11-18(23)8-9-24-12-18)14(2)21(20-13)15-6-4-3-5-7-15/h3-7,23H,8-12H2,1-2H3,(H,19,22). The number of amides is 1. The summed E-state index contributed by atoms with van der Waals surface area (Å²) in [6.45, 7) is 4.23. The van der Waals surface area contributed by atoms with Gasteiger partial charge in [0.15, 0.2) is 0 Å². The molecular weight excluding hydrogens is 322 g/mol. The molecule has 6 heteroatoms. The van der Waals surface area contributed by atoms with Crippen LogP contribution in [0, 0.1) is 13.8 Å². The van der Waals surface area contributed by atoms with Crippen LogP contribution in [0.25, 0.3) is 5.69 Å². The molecule has 0 radical (unpaired) electrons. The molecule has 5 nitrogen and oxygen atoms in total. The van der Waals surface area contributed by atoms with E-state index in [2.05, 4.69) is 10.4 Å². The second-order valence-corrected chi connectivity index (χ2v) is 7.48. The number of carbonyl (C=O) groups is 1. The van der Waals surface area contributed by atoms with Gasteiger partial charge in [0.2, 0.25) is 5.91 Å². The van der Waals surface area contributed by atoms with E-state index in [4.69, 9.17) is 0 Å². The lowest BCUT2D eigenvalue weighted by Crippen LogP contribution is -2.43. The molecule has 1 fully saturated rings. The molecule has 128 valence electrons. The lowest BCUT2D eigenvalue weighted by molar-refractivity contribution is -0.121. The number of rotatable bonds is 5. The summed E-state index contributed by atoms with van der Waals surface area (Å²) in [5.41, 5.74) is 3.02. The maximum atomic E-state index is 12.3. The minimum atomic E-state index is -0.751. The highest BCUT2D eigenvalue weighted by Gasteiger charge is 2.32. The van der Waals surface area contributed by atoms with Gasteiger partial charge in [0.1, 0.15) is 0 Å². The van der Waals surface area contributed by atoms with Crippen molar-refractivity contribution in [2.75, 3.05) is 18.1 Å². The molecule has 2 heterocycles. The van der Waals surface area contributed by atoms with E-state index in [-0.39, 0.29) is 12.3 Å². The quantitative estimate of drug-likeness (QED) is 0.870. The summed E-state index contributed by atoms with van der Waals surface area (Å²) in [6, 6.07) is 9.90. The van der Waals surface area contributed by atoms with Gasteiger partial charge in [0, 0.05) is 23.6 Å². The molecule has 1 atom stereocenters. The van der Waals surface area contributed by atoms with Crippen molar-refractivity contribution in [3.63, 3.8) is 0 Å². The Hall–Kier alpha value is -1.79. The lowest BCUT2D eigenvalue weighted by atomic mass is 10.0. The summed E-state index contributed by atoms with van der Waals surface area (Å²) in [7, 11) is 0. The molecular formula is C18H23N3O2S. The fourth-order valence-corrected chi connectivity index (χ4v) is 4.27. The Morgan fingerprint density at radius 2 is 2.12 bits per heavy atom. The second kappa shape index (κ2) is 6.99. The highest BCUT2D eigenvalue weighted by Crippen LogP contribution is 2.27.